The third-order valence-corrected chi connectivity index (χ3v) is 7.25. The van der Waals surface area contributed by atoms with Gasteiger partial charge in [0.1, 0.15) is 0 Å². The average molecular weight is 565 g/mol. The lowest BCUT2D eigenvalue weighted by Gasteiger charge is -2.13. The van der Waals surface area contributed by atoms with Gasteiger partial charge in [0.15, 0.2) is 5.82 Å². The van der Waals surface area contributed by atoms with Crippen LogP contribution < -0.4 is 0 Å². The lowest BCUT2D eigenvalue weighted by atomic mass is 9.96. The lowest BCUT2D eigenvalue weighted by molar-refractivity contribution is 1.18. The molecule has 0 saturated carbocycles. The number of hydrogen-bond acceptors (Lipinski definition) is 4. The monoisotopic (exact) mass is 564 g/mol. The number of pyridine rings is 2. The van der Waals surface area contributed by atoms with Crippen LogP contribution in [0.2, 0.25) is 0 Å². The zero-order chi connectivity index (χ0) is 26.2. The number of hydrogen-bond donors (Lipinski definition) is 0. The minimum atomic E-state index is 0.669. The molecule has 0 bridgehead atoms. The van der Waals surface area contributed by atoms with E-state index in [9.17, 15) is 0 Å². The molecule has 0 aliphatic rings. The van der Waals surface area contributed by atoms with Gasteiger partial charge in [0.05, 0.1) is 22.4 Å². The van der Waals surface area contributed by atoms with Crippen LogP contribution in [0.1, 0.15) is 0 Å². The van der Waals surface area contributed by atoms with Crippen molar-refractivity contribution in [3.05, 3.63) is 132 Å². The van der Waals surface area contributed by atoms with Gasteiger partial charge in [0.2, 0.25) is 0 Å². The summed E-state index contributed by atoms with van der Waals surface area (Å²) in [6.45, 7) is 0. The lowest BCUT2D eigenvalue weighted by Crippen LogP contribution is -1.96. The van der Waals surface area contributed by atoms with Crippen LogP contribution in [0.5, 0.6) is 0 Å². The van der Waals surface area contributed by atoms with Gasteiger partial charge >= 0.3 is 0 Å². The summed E-state index contributed by atoms with van der Waals surface area (Å²) in [5.74, 6) is 0.669. The quantitative estimate of drug-likeness (QED) is 0.200. The van der Waals surface area contributed by atoms with Gasteiger partial charge in [-0.15, -0.1) is 0 Å². The van der Waals surface area contributed by atoms with Gasteiger partial charge in [-0.1, -0.05) is 88.7 Å². The Bertz CT molecular complexity index is 1910. The normalized spacial score (nSPS) is 11.2. The van der Waals surface area contributed by atoms with Gasteiger partial charge in [-0.25, -0.2) is 9.97 Å². The van der Waals surface area contributed by atoms with E-state index in [4.69, 9.17) is 9.97 Å². The van der Waals surface area contributed by atoms with Gasteiger partial charge in [-0.3, -0.25) is 9.97 Å². The summed E-state index contributed by atoms with van der Waals surface area (Å²) in [6.07, 6.45) is 3.63. The maximum Gasteiger partial charge on any atom is 0.160 e. The summed E-state index contributed by atoms with van der Waals surface area (Å²) >= 11 is 3.76. The smallest absolute Gasteiger partial charge is 0.160 e. The molecule has 39 heavy (non-hydrogen) atoms. The molecule has 0 radical (unpaired) electrons. The van der Waals surface area contributed by atoms with Crippen molar-refractivity contribution in [1.82, 2.24) is 19.9 Å². The molecule has 0 amide bonds. The molecule has 7 aromatic rings. The summed E-state index contributed by atoms with van der Waals surface area (Å²) in [5, 5.41) is 2.10. The molecule has 0 atom stereocenters. The molecule has 0 saturated heterocycles. The highest BCUT2D eigenvalue weighted by atomic mass is 79.9. The van der Waals surface area contributed by atoms with Crippen molar-refractivity contribution in [2.75, 3.05) is 0 Å². The highest BCUT2D eigenvalue weighted by molar-refractivity contribution is 9.10. The van der Waals surface area contributed by atoms with E-state index in [1.807, 2.05) is 60.9 Å². The van der Waals surface area contributed by atoms with E-state index < -0.39 is 0 Å². The molecule has 3 aromatic heterocycles. The van der Waals surface area contributed by atoms with E-state index in [1.54, 1.807) is 0 Å². The Hall–Kier alpha value is -4.74. The second-order valence-corrected chi connectivity index (χ2v) is 10.2. The maximum absolute atomic E-state index is 5.03. The summed E-state index contributed by atoms with van der Waals surface area (Å²) in [6, 6.07) is 39.2. The van der Waals surface area contributed by atoms with Crippen LogP contribution in [0.3, 0.4) is 0 Å². The van der Waals surface area contributed by atoms with Gasteiger partial charge in [-0.2, -0.15) is 0 Å². The molecular formula is C34H21BrN4. The van der Waals surface area contributed by atoms with Crippen molar-refractivity contribution in [2.45, 2.75) is 0 Å². The Kier molecular flexibility index (Phi) is 5.91. The summed E-state index contributed by atoms with van der Waals surface area (Å²) in [5.41, 5.74) is 8.72. The fourth-order valence-electron chi connectivity index (χ4n) is 4.98. The molecule has 3 heterocycles. The van der Waals surface area contributed by atoms with E-state index >= 15 is 0 Å². The SMILES string of the molecule is Brc1cc(-c2nc(-c3ccccc3)cc(-c3ccccc3)n2)cc(-c2cc3cccnc3c3ncccc23)c1. The predicted molar refractivity (Wildman–Crippen MR) is 162 cm³/mol. The first-order valence-corrected chi connectivity index (χ1v) is 13.5. The number of fused-ring (bicyclic) bond motifs is 3. The first-order chi connectivity index (χ1) is 19.2. The molecule has 5 heteroatoms. The van der Waals surface area contributed by atoms with Crippen LogP contribution in [-0.2, 0) is 0 Å². The Morgan fingerprint density at radius 3 is 1.79 bits per heavy atom. The Morgan fingerprint density at radius 2 is 1.10 bits per heavy atom. The van der Waals surface area contributed by atoms with Crippen LogP contribution in [0.15, 0.2) is 132 Å². The summed E-state index contributed by atoms with van der Waals surface area (Å²) in [7, 11) is 0. The second kappa shape index (κ2) is 9.86. The highest BCUT2D eigenvalue weighted by Gasteiger charge is 2.15. The number of nitrogens with zero attached hydrogens (tertiary/aromatic N) is 4. The minimum absolute atomic E-state index is 0.669. The van der Waals surface area contributed by atoms with Crippen molar-refractivity contribution >= 4 is 37.7 Å². The van der Waals surface area contributed by atoms with Crippen molar-refractivity contribution in [3.8, 4) is 45.0 Å². The van der Waals surface area contributed by atoms with E-state index in [0.29, 0.717) is 5.82 Å². The van der Waals surface area contributed by atoms with Gasteiger partial charge in [-0.05, 0) is 53.6 Å². The number of aromatic nitrogens is 4. The summed E-state index contributed by atoms with van der Waals surface area (Å²) < 4.78 is 0.952. The third kappa shape index (κ3) is 4.47. The molecule has 7 rings (SSSR count). The van der Waals surface area contributed by atoms with E-state index in [-0.39, 0.29) is 0 Å². The summed E-state index contributed by atoms with van der Waals surface area (Å²) in [4.78, 5) is 19.4. The van der Waals surface area contributed by atoms with Crippen LogP contribution in [0.25, 0.3) is 66.8 Å². The fourth-order valence-corrected chi connectivity index (χ4v) is 5.47. The largest absolute Gasteiger partial charge is 0.254 e. The fraction of sp³-hybridized carbons (Fsp3) is 0. The van der Waals surface area contributed by atoms with Crippen LogP contribution in [-0.4, -0.2) is 19.9 Å². The zero-order valence-electron chi connectivity index (χ0n) is 20.8. The minimum Gasteiger partial charge on any atom is -0.254 e. The Labute approximate surface area is 234 Å². The second-order valence-electron chi connectivity index (χ2n) is 9.32. The van der Waals surface area contributed by atoms with E-state index in [2.05, 4.69) is 92.6 Å². The first-order valence-electron chi connectivity index (χ1n) is 12.7. The molecular weight excluding hydrogens is 544 g/mol. The topological polar surface area (TPSA) is 51.6 Å². The number of benzene rings is 4. The molecule has 0 N–H and O–H groups in total. The molecule has 184 valence electrons. The van der Waals surface area contributed by atoms with Gasteiger partial charge in [0.25, 0.3) is 0 Å². The molecule has 0 aliphatic heterocycles. The van der Waals surface area contributed by atoms with Crippen molar-refractivity contribution in [1.29, 1.82) is 0 Å². The standard InChI is InChI=1S/C34H21BrN4/c35-27-18-25(29-20-24-13-7-15-36-32(24)33-28(29)14-8-16-37-33)17-26(19-27)34-38-30(22-9-3-1-4-10-22)21-31(39-34)23-11-5-2-6-12-23/h1-21H. The Balaban J connectivity index is 1.45. The molecule has 0 fully saturated rings. The van der Waals surface area contributed by atoms with Crippen molar-refractivity contribution < 1.29 is 0 Å². The molecule has 0 spiro atoms. The average Bonchev–Trinajstić information content (AvgIpc) is 3.01. The zero-order valence-corrected chi connectivity index (χ0v) is 22.4. The van der Waals surface area contributed by atoms with Crippen molar-refractivity contribution in [2.24, 2.45) is 0 Å². The number of rotatable bonds is 4. The number of halogens is 1. The van der Waals surface area contributed by atoms with Crippen LogP contribution >= 0.6 is 15.9 Å². The molecule has 4 nitrogen and oxygen atoms in total. The predicted octanol–water partition coefficient (Wildman–Crippen LogP) is 9.00. The molecule has 4 aromatic carbocycles. The van der Waals surface area contributed by atoms with Crippen LogP contribution in [0, 0.1) is 0 Å². The molecule has 0 aliphatic carbocycles. The maximum atomic E-state index is 5.03. The van der Waals surface area contributed by atoms with Crippen LogP contribution in [0.4, 0.5) is 0 Å². The van der Waals surface area contributed by atoms with Gasteiger partial charge in [0, 0.05) is 44.3 Å². The first kappa shape index (κ1) is 23.4. The molecule has 0 unspecified atom stereocenters. The van der Waals surface area contributed by atoms with Gasteiger partial charge < -0.3 is 0 Å². The van der Waals surface area contributed by atoms with Crippen molar-refractivity contribution in [3.63, 3.8) is 0 Å². The third-order valence-electron chi connectivity index (χ3n) is 6.79. The highest BCUT2D eigenvalue weighted by Crippen LogP contribution is 2.37. The Morgan fingerprint density at radius 1 is 0.487 bits per heavy atom. The van der Waals surface area contributed by atoms with E-state index in [1.165, 1.54) is 0 Å². The van der Waals surface area contributed by atoms with E-state index in [0.717, 1.165) is 65.5 Å².